The van der Waals surface area contributed by atoms with E-state index >= 15 is 0 Å². The van der Waals surface area contributed by atoms with Crippen molar-refractivity contribution < 1.29 is 0 Å². The topological polar surface area (TPSA) is 0 Å². The van der Waals surface area contributed by atoms with Gasteiger partial charge in [-0.05, 0) is 29.3 Å². The highest BCUT2D eigenvalue weighted by molar-refractivity contribution is 7.03. The Labute approximate surface area is 169 Å². The minimum absolute atomic E-state index is 0.383. The van der Waals surface area contributed by atoms with Crippen molar-refractivity contribution in [3.05, 3.63) is 60.7 Å². The van der Waals surface area contributed by atoms with Crippen LogP contribution in [0.2, 0.25) is 37.3 Å². The number of hydrogen-bond acceptors (Lipinski definition) is 0. The summed E-state index contributed by atoms with van der Waals surface area (Å²) >= 11 is 0. The van der Waals surface area contributed by atoms with E-state index in [1.807, 2.05) is 0 Å². The lowest BCUT2D eigenvalue weighted by Crippen LogP contribution is -2.60. The van der Waals surface area contributed by atoms with Crippen molar-refractivity contribution in [2.75, 3.05) is 0 Å². The van der Waals surface area contributed by atoms with E-state index in [1.165, 1.54) is 24.9 Å². The molecule has 0 spiro atoms. The van der Waals surface area contributed by atoms with Crippen LogP contribution in [0.3, 0.4) is 0 Å². The Morgan fingerprint density at radius 2 is 1.33 bits per heavy atom. The Hall–Kier alpha value is -1.13. The van der Waals surface area contributed by atoms with E-state index in [2.05, 4.69) is 101 Å². The highest BCUT2D eigenvalue weighted by Gasteiger charge is 2.53. The largest absolute Gasteiger partial charge is 0.121 e. The Morgan fingerprint density at radius 3 is 1.74 bits per heavy atom. The molecular weight excluding hydrogens is 356 g/mol. The highest BCUT2D eigenvalue weighted by atomic mass is 28.3. The molecule has 146 valence electrons. The van der Waals surface area contributed by atoms with Gasteiger partial charge >= 0.3 is 0 Å². The number of benzene rings is 2. The minimum Gasteiger partial charge on any atom is -0.0695 e. The predicted octanol–water partition coefficient (Wildman–Crippen LogP) is 6.41. The van der Waals surface area contributed by atoms with Crippen LogP contribution >= 0.6 is 0 Å². The second kappa shape index (κ2) is 7.71. The van der Waals surface area contributed by atoms with E-state index in [4.69, 9.17) is 0 Å². The quantitative estimate of drug-likeness (QED) is 0.514. The van der Waals surface area contributed by atoms with Crippen molar-refractivity contribution in [2.45, 2.75) is 70.9 Å². The van der Waals surface area contributed by atoms with Gasteiger partial charge < -0.3 is 0 Å². The molecule has 3 rings (SSSR count). The zero-order valence-electron chi connectivity index (χ0n) is 18.3. The van der Waals surface area contributed by atoms with E-state index in [-0.39, 0.29) is 0 Å². The van der Waals surface area contributed by atoms with Crippen LogP contribution in [0.4, 0.5) is 0 Å². The van der Waals surface area contributed by atoms with Crippen LogP contribution in [-0.4, -0.2) is 16.1 Å². The van der Waals surface area contributed by atoms with Crippen LogP contribution in [0.25, 0.3) is 0 Å². The molecule has 0 unspecified atom stereocenters. The van der Waals surface area contributed by atoms with Crippen LogP contribution in [0.1, 0.15) is 33.6 Å². The first-order valence-corrected chi connectivity index (χ1v) is 16.7. The molecule has 2 atom stereocenters. The molecule has 0 radical (unpaired) electrons. The summed E-state index contributed by atoms with van der Waals surface area (Å²) in [5.74, 6) is 0.906. The van der Waals surface area contributed by atoms with Gasteiger partial charge in [0.15, 0.2) is 0 Å². The van der Waals surface area contributed by atoms with Gasteiger partial charge in [0, 0.05) is 8.07 Å². The fourth-order valence-corrected chi connectivity index (χ4v) is 14.5. The lowest BCUT2D eigenvalue weighted by molar-refractivity contribution is 0.333. The Morgan fingerprint density at radius 1 is 0.852 bits per heavy atom. The van der Waals surface area contributed by atoms with E-state index in [9.17, 15) is 0 Å². The summed E-state index contributed by atoms with van der Waals surface area (Å²) in [6.45, 7) is 15.0. The molecule has 0 N–H and O–H groups in total. The maximum Gasteiger partial charge on any atom is 0.121 e. The molecular formula is C25H38Si2. The Balaban J connectivity index is 2.15. The van der Waals surface area contributed by atoms with Gasteiger partial charge in [0.2, 0.25) is 0 Å². The molecule has 1 aliphatic rings. The van der Waals surface area contributed by atoms with Gasteiger partial charge in [-0.25, -0.2) is 0 Å². The summed E-state index contributed by atoms with van der Waals surface area (Å²) in [5.41, 5.74) is 1.24. The van der Waals surface area contributed by atoms with Gasteiger partial charge in [-0.2, -0.15) is 0 Å². The molecule has 2 aromatic carbocycles. The third-order valence-electron chi connectivity index (χ3n) is 6.40. The third-order valence-corrected chi connectivity index (χ3v) is 13.9. The normalized spacial score (nSPS) is 22.7. The smallest absolute Gasteiger partial charge is 0.0695 e. The fourth-order valence-electron chi connectivity index (χ4n) is 5.59. The standard InChI is InChI=1S/C25H38Si2/c1-25(2,3)19-24-21(20-26(4,5)6)17-18-27(24,22-13-9-7-10-14-22)23-15-11-8-12-16-23/h7-16,21,24H,17-20H2,1-6H3/t21-,24-/m0/s1. The van der Waals surface area contributed by atoms with E-state index < -0.39 is 16.1 Å². The zero-order valence-corrected chi connectivity index (χ0v) is 20.3. The van der Waals surface area contributed by atoms with Gasteiger partial charge in [0.1, 0.15) is 8.07 Å². The minimum atomic E-state index is -1.76. The van der Waals surface area contributed by atoms with Crippen molar-refractivity contribution in [1.82, 2.24) is 0 Å². The van der Waals surface area contributed by atoms with Gasteiger partial charge in [0.25, 0.3) is 0 Å². The zero-order chi connectivity index (χ0) is 19.7. The summed E-state index contributed by atoms with van der Waals surface area (Å²) in [6.07, 6.45) is 2.79. The number of hydrogen-bond donors (Lipinski definition) is 0. The average molecular weight is 395 g/mol. The highest BCUT2D eigenvalue weighted by Crippen LogP contribution is 2.52. The molecule has 0 amide bonds. The lowest BCUT2D eigenvalue weighted by Gasteiger charge is -2.41. The van der Waals surface area contributed by atoms with Crippen molar-refractivity contribution >= 4 is 26.5 Å². The Kier molecular flexibility index (Phi) is 5.89. The van der Waals surface area contributed by atoms with Crippen LogP contribution < -0.4 is 10.4 Å². The third kappa shape index (κ3) is 4.66. The maximum absolute atomic E-state index is 2.56. The molecule has 0 aliphatic carbocycles. The predicted molar refractivity (Wildman–Crippen MR) is 127 cm³/mol. The molecule has 2 heteroatoms. The molecule has 1 aliphatic heterocycles. The second-order valence-corrected chi connectivity index (χ2v) is 21.0. The van der Waals surface area contributed by atoms with Crippen molar-refractivity contribution in [2.24, 2.45) is 11.3 Å². The first-order valence-electron chi connectivity index (χ1n) is 10.7. The van der Waals surface area contributed by atoms with Crippen LogP contribution in [0.5, 0.6) is 0 Å². The van der Waals surface area contributed by atoms with Crippen LogP contribution in [-0.2, 0) is 0 Å². The van der Waals surface area contributed by atoms with E-state index in [0.717, 1.165) is 11.5 Å². The average Bonchev–Trinajstić information content (AvgIpc) is 2.92. The van der Waals surface area contributed by atoms with Gasteiger partial charge in [0.05, 0.1) is 0 Å². The molecule has 1 saturated heterocycles. The van der Waals surface area contributed by atoms with Gasteiger partial charge in [-0.15, -0.1) is 0 Å². The molecule has 27 heavy (non-hydrogen) atoms. The van der Waals surface area contributed by atoms with Crippen molar-refractivity contribution in [1.29, 1.82) is 0 Å². The lowest BCUT2D eigenvalue weighted by atomic mass is 9.86. The summed E-state index contributed by atoms with van der Waals surface area (Å²) < 4.78 is 0. The maximum atomic E-state index is 2.56. The SMILES string of the molecule is CC(C)(C)C[C@H]1[C@H](C[Si](C)(C)C)CC[Si]1(c1ccccc1)c1ccccc1. The first-order chi connectivity index (χ1) is 12.6. The monoisotopic (exact) mass is 394 g/mol. The van der Waals surface area contributed by atoms with Gasteiger partial charge in [-0.1, -0.05) is 124 Å². The molecule has 2 aromatic rings. The molecule has 1 fully saturated rings. The number of rotatable bonds is 5. The summed E-state index contributed by atoms with van der Waals surface area (Å²) in [6, 6.07) is 26.2. The van der Waals surface area contributed by atoms with Crippen molar-refractivity contribution in [3.63, 3.8) is 0 Å². The van der Waals surface area contributed by atoms with Crippen molar-refractivity contribution in [3.8, 4) is 0 Å². The Bertz CT molecular complexity index is 683. The van der Waals surface area contributed by atoms with Crippen LogP contribution in [0, 0.1) is 11.3 Å². The summed E-state index contributed by atoms with van der Waals surface area (Å²) in [5, 5.41) is 3.34. The van der Waals surface area contributed by atoms with Gasteiger partial charge in [-0.3, -0.25) is 0 Å². The second-order valence-electron chi connectivity index (χ2n) is 11.1. The fraction of sp³-hybridized carbons (Fsp3) is 0.520. The molecule has 1 heterocycles. The van der Waals surface area contributed by atoms with Crippen LogP contribution in [0.15, 0.2) is 60.7 Å². The molecule has 0 saturated carbocycles. The molecule has 0 aromatic heterocycles. The summed E-state index contributed by atoms with van der Waals surface area (Å²) in [4.78, 5) is 0. The van der Waals surface area contributed by atoms with E-state index in [0.29, 0.717) is 5.41 Å². The van der Waals surface area contributed by atoms with E-state index in [1.54, 1.807) is 10.4 Å². The first kappa shape index (κ1) is 20.6. The molecule has 0 nitrogen and oxygen atoms in total. The molecule has 0 bridgehead atoms. The summed E-state index contributed by atoms with van der Waals surface area (Å²) in [7, 11) is -2.85.